The number of carbonyl (C=O) groups excluding carboxylic acids is 3. The second-order valence-corrected chi connectivity index (χ2v) is 5.24. The molecule has 2 amide bonds. The molecule has 0 bridgehead atoms. The lowest BCUT2D eigenvalue weighted by Crippen LogP contribution is -2.14. The molecule has 0 aliphatic rings. The van der Waals surface area contributed by atoms with Gasteiger partial charge in [0.2, 0.25) is 5.91 Å². The lowest BCUT2D eigenvalue weighted by atomic mass is 10.1. The Morgan fingerprint density at radius 1 is 0.958 bits per heavy atom. The van der Waals surface area contributed by atoms with Crippen LogP contribution in [0.4, 0.5) is 11.4 Å². The maximum Gasteiger partial charge on any atom is 0.337 e. The molecule has 2 rings (SSSR count). The van der Waals surface area contributed by atoms with Crippen molar-refractivity contribution in [3.8, 4) is 0 Å². The van der Waals surface area contributed by atoms with Crippen molar-refractivity contribution in [2.45, 2.75) is 13.8 Å². The Balaban J connectivity index is 2.21. The number of amides is 2. The topological polar surface area (TPSA) is 84.5 Å². The zero-order valence-corrected chi connectivity index (χ0v) is 13.7. The Bertz CT molecular complexity index is 799. The molecule has 0 aromatic heterocycles. The van der Waals surface area contributed by atoms with E-state index in [4.69, 9.17) is 0 Å². The summed E-state index contributed by atoms with van der Waals surface area (Å²) in [5, 5.41) is 5.45. The van der Waals surface area contributed by atoms with Gasteiger partial charge in [-0.05, 0) is 42.8 Å². The number of aryl methyl sites for hydroxylation is 1. The normalized spacial score (nSPS) is 9.96. The zero-order valence-electron chi connectivity index (χ0n) is 13.7. The van der Waals surface area contributed by atoms with E-state index in [1.807, 2.05) is 6.92 Å². The number of hydrogen-bond acceptors (Lipinski definition) is 4. The molecule has 0 saturated carbocycles. The van der Waals surface area contributed by atoms with Crippen molar-refractivity contribution in [2.75, 3.05) is 17.7 Å². The van der Waals surface area contributed by atoms with Gasteiger partial charge < -0.3 is 15.4 Å². The van der Waals surface area contributed by atoms with E-state index in [1.54, 1.807) is 36.4 Å². The number of hydrogen-bond donors (Lipinski definition) is 2. The highest BCUT2D eigenvalue weighted by atomic mass is 16.5. The van der Waals surface area contributed by atoms with Crippen LogP contribution in [-0.4, -0.2) is 24.9 Å². The van der Waals surface area contributed by atoms with Crippen molar-refractivity contribution in [2.24, 2.45) is 0 Å². The third kappa shape index (κ3) is 4.19. The molecule has 2 aromatic rings. The van der Waals surface area contributed by atoms with E-state index in [2.05, 4.69) is 15.4 Å². The number of anilines is 2. The number of ether oxygens (including phenoxy) is 1. The summed E-state index contributed by atoms with van der Waals surface area (Å²) in [7, 11) is 1.28. The number of nitrogens with one attached hydrogen (secondary N) is 2. The lowest BCUT2D eigenvalue weighted by Gasteiger charge is -2.11. The summed E-state index contributed by atoms with van der Waals surface area (Å²) < 4.78 is 4.64. The monoisotopic (exact) mass is 326 g/mol. The molecule has 6 nitrogen and oxygen atoms in total. The summed E-state index contributed by atoms with van der Waals surface area (Å²) in [6.45, 7) is 3.28. The first-order chi connectivity index (χ1) is 11.4. The van der Waals surface area contributed by atoms with Gasteiger partial charge in [-0.15, -0.1) is 0 Å². The van der Waals surface area contributed by atoms with Crippen LogP contribution in [-0.2, 0) is 9.53 Å². The highest BCUT2D eigenvalue weighted by molar-refractivity contribution is 6.06. The van der Waals surface area contributed by atoms with E-state index in [1.165, 1.54) is 20.1 Å². The molecule has 0 aliphatic carbocycles. The quantitative estimate of drug-likeness (QED) is 0.846. The van der Waals surface area contributed by atoms with Crippen LogP contribution < -0.4 is 10.6 Å². The molecule has 24 heavy (non-hydrogen) atoms. The summed E-state index contributed by atoms with van der Waals surface area (Å²) in [5.41, 5.74) is 2.69. The van der Waals surface area contributed by atoms with E-state index in [0.29, 0.717) is 22.5 Å². The van der Waals surface area contributed by atoms with Crippen molar-refractivity contribution < 1.29 is 19.1 Å². The minimum Gasteiger partial charge on any atom is -0.465 e. The number of rotatable bonds is 4. The van der Waals surface area contributed by atoms with Crippen LogP contribution in [0.2, 0.25) is 0 Å². The average Bonchev–Trinajstić information content (AvgIpc) is 2.56. The molecule has 0 heterocycles. The molecule has 124 valence electrons. The molecular weight excluding hydrogens is 308 g/mol. The smallest absolute Gasteiger partial charge is 0.337 e. The highest BCUT2D eigenvalue weighted by Crippen LogP contribution is 2.21. The van der Waals surface area contributed by atoms with Gasteiger partial charge in [0.05, 0.1) is 12.7 Å². The third-order valence-electron chi connectivity index (χ3n) is 3.35. The van der Waals surface area contributed by atoms with Crippen molar-refractivity contribution in [3.63, 3.8) is 0 Å². The molecule has 6 heteroatoms. The first-order valence-corrected chi connectivity index (χ1v) is 7.28. The number of carbonyl (C=O) groups is 3. The third-order valence-corrected chi connectivity index (χ3v) is 3.35. The second-order valence-electron chi connectivity index (χ2n) is 5.24. The van der Waals surface area contributed by atoms with Gasteiger partial charge in [-0.25, -0.2) is 4.79 Å². The zero-order chi connectivity index (χ0) is 17.7. The number of methoxy groups -OCH3 is 1. The van der Waals surface area contributed by atoms with Gasteiger partial charge in [-0.1, -0.05) is 12.1 Å². The van der Waals surface area contributed by atoms with Gasteiger partial charge in [0, 0.05) is 23.9 Å². The van der Waals surface area contributed by atoms with Crippen molar-refractivity contribution >= 4 is 29.2 Å². The summed E-state index contributed by atoms with van der Waals surface area (Å²) in [6, 6.07) is 11.5. The van der Waals surface area contributed by atoms with Gasteiger partial charge in [-0.2, -0.15) is 0 Å². The molecular formula is C18H18N2O4. The second kappa shape index (κ2) is 7.41. The van der Waals surface area contributed by atoms with Crippen LogP contribution >= 0.6 is 0 Å². The fourth-order valence-corrected chi connectivity index (χ4v) is 2.13. The number of esters is 1. The first kappa shape index (κ1) is 17.2. The van der Waals surface area contributed by atoms with Gasteiger partial charge in [-0.3, -0.25) is 9.59 Å². The Kier molecular flexibility index (Phi) is 5.31. The number of benzene rings is 2. The van der Waals surface area contributed by atoms with E-state index in [0.717, 1.165) is 5.56 Å². The molecule has 0 saturated heterocycles. The molecule has 0 radical (unpaired) electrons. The molecule has 2 N–H and O–H groups in total. The molecule has 0 atom stereocenters. The van der Waals surface area contributed by atoms with E-state index >= 15 is 0 Å². The highest BCUT2D eigenvalue weighted by Gasteiger charge is 2.11. The average molecular weight is 326 g/mol. The van der Waals surface area contributed by atoms with Crippen molar-refractivity contribution in [1.82, 2.24) is 0 Å². The van der Waals surface area contributed by atoms with Crippen molar-refractivity contribution in [3.05, 3.63) is 59.2 Å². The van der Waals surface area contributed by atoms with E-state index in [-0.39, 0.29) is 11.8 Å². The molecule has 0 spiro atoms. The Labute approximate surface area is 139 Å². The Morgan fingerprint density at radius 3 is 2.33 bits per heavy atom. The summed E-state index contributed by atoms with van der Waals surface area (Å²) >= 11 is 0. The molecule has 2 aromatic carbocycles. The minimum atomic E-state index is -0.507. The van der Waals surface area contributed by atoms with Crippen LogP contribution in [0.1, 0.15) is 33.2 Å². The van der Waals surface area contributed by atoms with Gasteiger partial charge in [0.1, 0.15) is 0 Å². The van der Waals surface area contributed by atoms with Crippen LogP contribution in [0.5, 0.6) is 0 Å². The van der Waals surface area contributed by atoms with Crippen molar-refractivity contribution in [1.29, 1.82) is 0 Å². The Hall–Kier alpha value is -3.15. The fourth-order valence-electron chi connectivity index (χ4n) is 2.13. The molecule has 0 unspecified atom stereocenters. The lowest BCUT2D eigenvalue weighted by molar-refractivity contribution is -0.114. The summed E-state index contributed by atoms with van der Waals surface area (Å²) in [6.07, 6.45) is 0. The summed E-state index contributed by atoms with van der Waals surface area (Å²) in [5.74, 6) is -1.06. The van der Waals surface area contributed by atoms with Gasteiger partial charge in [0.15, 0.2) is 0 Å². The maximum absolute atomic E-state index is 12.3. The van der Waals surface area contributed by atoms with Gasteiger partial charge in [0.25, 0.3) is 5.91 Å². The summed E-state index contributed by atoms with van der Waals surface area (Å²) in [4.78, 5) is 35.1. The molecule has 0 fully saturated rings. The Morgan fingerprint density at radius 2 is 1.67 bits per heavy atom. The largest absolute Gasteiger partial charge is 0.465 e. The fraction of sp³-hybridized carbons (Fsp3) is 0.167. The van der Waals surface area contributed by atoms with Crippen LogP contribution in [0, 0.1) is 6.92 Å². The van der Waals surface area contributed by atoms with E-state index < -0.39 is 5.97 Å². The maximum atomic E-state index is 12.3. The SMILES string of the molecule is COC(=O)c1cccc(C(=O)Nc2ccc(C)c(NC(C)=O)c2)c1. The molecule has 0 aliphatic heterocycles. The van der Waals surface area contributed by atoms with Crippen LogP contribution in [0.25, 0.3) is 0 Å². The standard InChI is InChI=1S/C18H18N2O4/c1-11-7-8-15(10-16(11)19-12(2)21)20-17(22)13-5-4-6-14(9-13)18(23)24-3/h4-10H,1-3H3,(H,19,21)(H,20,22). The predicted molar refractivity (Wildman–Crippen MR) is 91.2 cm³/mol. The van der Waals surface area contributed by atoms with Crippen LogP contribution in [0.15, 0.2) is 42.5 Å². The van der Waals surface area contributed by atoms with Gasteiger partial charge >= 0.3 is 5.97 Å². The first-order valence-electron chi connectivity index (χ1n) is 7.28. The van der Waals surface area contributed by atoms with Crippen LogP contribution in [0.3, 0.4) is 0 Å². The van der Waals surface area contributed by atoms with E-state index in [9.17, 15) is 14.4 Å². The minimum absolute atomic E-state index is 0.188. The predicted octanol–water partition coefficient (Wildman–Crippen LogP) is 2.99.